The van der Waals surface area contributed by atoms with E-state index in [2.05, 4.69) is 4.72 Å². The molecule has 0 saturated heterocycles. The second-order valence-corrected chi connectivity index (χ2v) is 8.76. The predicted molar refractivity (Wildman–Crippen MR) is 118 cm³/mol. The van der Waals surface area contributed by atoms with Crippen LogP contribution in [0.1, 0.15) is 29.8 Å². The average molecular weight is 449 g/mol. The molecule has 0 aromatic heterocycles. The van der Waals surface area contributed by atoms with Crippen molar-refractivity contribution in [3.63, 3.8) is 0 Å². The van der Waals surface area contributed by atoms with Gasteiger partial charge in [0.05, 0.1) is 25.0 Å². The van der Waals surface area contributed by atoms with E-state index in [0.717, 1.165) is 0 Å². The normalized spacial score (nSPS) is 12.0. The van der Waals surface area contributed by atoms with Crippen molar-refractivity contribution in [1.29, 1.82) is 0 Å². The second-order valence-electron chi connectivity index (χ2n) is 7.08. The maximum Gasteiger partial charge on any atom is 0.310 e. The van der Waals surface area contributed by atoms with Gasteiger partial charge < -0.3 is 14.4 Å². The standard InChI is InChI=1S/C22H28N2O6S/c1-6-24(14-16(3)22(26)30-5)21(25)20-13-19(12-7-15(20)2)31(27,28)23-17-8-10-18(29-4)11-9-17/h7-13,16,23H,6,14H2,1-5H3. The van der Waals surface area contributed by atoms with Crippen LogP contribution in [-0.4, -0.2) is 52.5 Å². The highest BCUT2D eigenvalue weighted by Crippen LogP contribution is 2.22. The third kappa shape index (κ3) is 5.97. The molecule has 0 saturated carbocycles. The smallest absolute Gasteiger partial charge is 0.310 e. The number of carbonyl (C=O) groups is 2. The molecule has 0 aliphatic heterocycles. The number of carbonyl (C=O) groups excluding carboxylic acids is 2. The van der Waals surface area contributed by atoms with Crippen LogP contribution in [0, 0.1) is 12.8 Å². The summed E-state index contributed by atoms with van der Waals surface area (Å²) in [5, 5.41) is 0. The highest BCUT2D eigenvalue weighted by molar-refractivity contribution is 7.92. The fourth-order valence-corrected chi connectivity index (χ4v) is 4.09. The first-order valence-corrected chi connectivity index (χ1v) is 11.3. The van der Waals surface area contributed by atoms with Crippen molar-refractivity contribution in [2.24, 2.45) is 5.92 Å². The molecule has 0 spiro atoms. The Morgan fingerprint density at radius 2 is 1.74 bits per heavy atom. The molecule has 1 amide bonds. The molecule has 1 atom stereocenters. The van der Waals surface area contributed by atoms with Gasteiger partial charge in [0.25, 0.3) is 15.9 Å². The number of anilines is 1. The number of hydrogen-bond donors (Lipinski definition) is 1. The highest BCUT2D eigenvalue weighted by atomic mass is 32.2. The minimum absolute atomic E-state index is 0.0330. The van der Waals surface area contributed by atoms with Crippen LogP contribution in [-0.2, 0) is 19.6 Å². The monoisotopic (exact) mass is 448 g/mol. The summed E-state index contributed by atoms with van der Waals surface area (Å²) in [7, 11) is -1.09. The van der Waals surface area contributed by atoms with Gasteiger partial charge in [-0.3, -0.25) is 14.3 Å². The lowest BCUT2D eigenvalue weighted by Crippen LogP contribution is -2.37. The van der Waals surface area contributed by atoms with Crippen LogP contribution in [0.25, 0.3) is 0 Å². The van der Waals surface area contributed by atoms with Crippen LogP contribution in [0.15, 0.2) is 47.4 Å². The zero-order valence-electron chi connectivity index (χ0n) is 18.3. The van der Waals surface area contributed by atoms with Gasteiger partial charge in [0.2, 0.25) is 0 Å². The molecule has 2 aromatic carbocycles. The van der Waals surface area contributed by atoms with Crippen LogP contribution in [0.3, 0.4) is 0 Å². The van der Waals surface area contributed by atoms with Gasteiger partial charge in [0, 0.05) is 24.3 Å². The first-order chi connectivity index (χ1) is 14.6. The number of methoxy groups -OCH3 is 2. The second kappa shape index (κ2) is 10.3. The molecule has 0 radical (unpaired) electrons. The summed E-state index contributed by atoms with van der Waals surface area (Å²) in [6.45, 7) is 5.73. The Morgan fingerprint density at radius 1 is 1.10 bits per heavy atom. The molecule has 1 N–H and O–H groups in total. The number of aryl methyl sites for hydroxylation is 1. The van der Waals surface area contributed by atoms with E-state index in [1.807, 2.05) is 0 Å². The van der Waals surface area contributed by atoms with Gasteiger partial charge in [-0.25, -0.2) is 8.42 Å². The fourth-order valence-electron chi connectivity index (χ4n) is 3.00. The van der Waals surface area contributed by atoms with E-state index in [0.29, 0.717) is 23.5 Å². The fraction of sp³-hybridized carbons (Fsp3) is 0.364. The van der Waals surface area contributed by atoms with Crippen LogP contribution < -0.4 is 9.46 Å². The minimum Gasteiger partial charge on any atom is -0.497 e. The van der Waals surface area contributed by atoms with Gasteiger partial charge in [0.1, 0.15) is 5.75 Å². The molecule has 0 aliphatic carbocycles. The Kier molecular flexibility index (Phi) is 8.04. The number of hydrogen-bond acceptors (Lipinski definition) is 6. The van der Waals surface area contributed by atoms with Crippen molar-refractivity contribution in [1.82, 2.24) is 4.90 Å². The topological polar surface area (TPSA) is 102 Å². The first-order valence-electron chi connectivity index (χ1n) is 9.77. The molecule has 8 nitrogen and oxygen atoms in total. The maximum atomic E-state index is 13.1. The molecular formula is C22H28N2O6S. The number of ether oxygens (including phenoxy) is 2. The molecule has 9 heteroatoms. The van der Waals surface area contributed by atoms with Gasteiger partial charge in [-0.15, -0.1) is 0 Å². The molecule has 1 unspecified atom stereocenters. The van der Waals surface area contributed by atoms with Crippen molar-refractivity contribution in [2.75, 3.05) is 32.0 Å². The number of benzene rings is 2. The Bertz CT molecular complexity index is 1030. The first kappa shape index (κ1) is 24.2. The Labute approximate surface area is 183 Å². The molecule has 0 bridgehead atoms. The number of amides is 1. The number of rotatable bonds is 9. The van der Waals surface area contributed by atoms with E-state index in [-0.39, 0.29) is 22.9 Å². The molecule has 31 heavy (non-hydrogen) atoms. The summed E-state index contributed by atoms with van der Waals surface area (Å²) in [5.41, 5.74) is 1.27. The van der Waals surface area contributed by atoms with E-state index in [4.69, 9.17) is 9.47 Å². The Hall–Kier alpha value is -3.07. The van der Waals surface area contributed by atoms with E-state index in [1.165, 1.54) is 31.3 Å². The molecule has 168 valence electrons. The molecule has 2 aromatic rings. The SMILES string of the molecule is CCN(CC(C)C(=O)OC)C(=O)c1cc(S(=O)(=O)Nc2ccc(OC)cc2)ccc1C. The summed E-state index contributed by atoms with van der Waals surface area (Å²) in [4.78, 5) is 26.3. The van der Waals surface area contributed by atoms with Gasteiger partial charge in [0.15, 0.2) is 0 Å². The zero-order valence-corrected chi connectivity index (χ0v) is 19.2. The van der Waals surface area contributed by atoms with Crippen molar-refractivity contribution >= 4 is 27.6 Å². The van der Waals surface area contributed by atoms with Crippen LogP contribution in [0.2, 0.25) is 0 Å². The van der Waals surface area contributed by atoms with Gasteiger partial charge in [-0.2, -0.15) is 0 Å². The van der Waals surface area contributed by atoms with E-state index in [9.17, 15) is 18.0 Å². The van der Waals surface area contributed by atoms with Crippen molar-refractivity contribution in [2.45, 2.75) is 25.7 Å². The average Bonchev–Trinajstić information content (AvgIpc) is 2.76. The number of sulfonamides is 1. The Morgan fingerprint density at radius 3 is 2.29 bits per heavy atom. The number of nitrogens with zero attached hydrogens (tertiary/aromatic N) is 1. The third-order valence-corrected chi connectivity index (χ3v) is 6.24. The highest BCUT2D eigenvalue weighted by Gasteiger charge is 2.24. The number of nitrogens with one attached hydrogen (secondary N) is 1. The number of esters is 1. The largest absolute Gasteiger partial charge is 0.497 e. The predicted octanol–water partition coefficient (Wildman–Crippen LogP) is 3.08. The molecule has 0 aliphatic rings. The lowest BCUT2D eigenvalue weighted by atomic mass is 10.1. The maximum absolute atomic E-state index is 13.1. The quantitative estimate of drug-likeness (QED) is 0.592. The molecule has 0 heterocycles. The van der Waals surface area contributed by atoms with Crippen LogP contribution in [0.5, 0.6) is 5.75 Å². The lowest BCUT2D eigenvalue weighted by Gasteiger charge is -2.24. The third-order valence-electron chi connectivity index (χ3n) is 4.86. The summed E-state index contributed by atoms with van der Waals surface area (Å²) < 4.78 is 38.0. The van der Waals surface area contributed by atoms with E-state index >= 15 is 0 Å². The molecular weight excluding hydrogens is 420 g/mol. The van der Waals surface area contributed by atoms with Gasteiger partial charge in [-0.1, -0.05) is 13.0 Å². The Balaban J connectivity index is 2.30. The summed E-state index contributed by atoms with van der Waals surface area (Å²) >= 11 is 0. The molecule has 0 fully saturated rings. The summed E-state index contributed by atoms with van der Waals surface area (Å²) in [6, 6.07) is 10.9. The van der Waals surface area contributed by atoms with Crippen molar-refractivity contribution < 1.29 is 27.5 Å². The van der Waals surface area contributed by atoms with Gasteiger partial charge in [-0.05, 0) is 55.8 Å². The van der Waals surface area contributed by atoms with Crippen LogP contribution >= 0.6 is 0 Å². The van der Waals surface area contributed by atoms with Crippen LogP contribution in [0.4, 0.5) is 5.69 Å². The molecule has 2 rings (SSSR count). The zero-order chi connectivity index (χ0) is 23.2. The summed E-state index contributed by atoms with van der Waals surface area (Å²) in [6.07, 6.45) is 0. The minimum atomic E-state index is -3.91. The van der Waals surface area contributed by atoms with E-state index in [1.54, 1.807) is 51.1 Å². The van der Waals surface area contributed by atoms with Gasteiger partial charge >= 0.3 is 5.97 Å². The van der Waals surface area contributed by atoms with E-state index < -0.39 is 21.9 Å². The van der Waals surface area contributed by atoms with Crippen molar-refractivity contribution in [3.8, 4) is 5.75 Å². The summed E-state index contributed by atoms with van der Waals surface area (Å²) in [5.74, 6) is -0.662. The van der Waals surface area contributed by atoms with Crippen molar-refractivity contribution in [3.05, 3.63) is 53.6 Å². The lowest BCUT2D eigenvalue weighted by molar-refractivity contribution is -0.145.